The number of carbonyl (C=O) groups is 1. The van der Waals surface area contributed by atoms with Crippen LogP contribution >= 0.6 is 0 Å². The maximum absolute atomic E-state index is 12.3. The number of benzene rings is 1. The number of nitrogens with one attached hydrogen (secondary N) is 1. The fourth-order valence-corrected chi connectivity index (χ4v) is 3.00. The van der Waals surface area contributed by atoms with Gasteiger partial charge in [0.15, 0.2) is 0 Å². The summed E-state index contributed by atoms with van der Waals surface area (Å²) in [6, 6.07) is 9.23. The van der Waals surface area contributed by atoms with Crippen molar-refractivity contribution in [2.24, 2.45) is 0 Å². The molecule has 1 amide bonds. The number of anilines is 2. The van der Waals surface area contributed by atoms with Crippen molar-refractivity contribution < 1.29 is 23.0 Å². The van der Waals surface area contributed by atoms with Crippen molar-refractivity contribution in [3.63, 3.8) is 0 Å². The number of halogens is 2. The summed E-state index contributed by atoms with van der Waals surface area (Å²) in [5.74, 6) is 0.491. The highest BCUT2D eigenvalue weighted by Crippen LogP contribution is 2.20. The largest absolute Gasteiger partial charge is 0.435 e. The average molecular weight is 377 g/mol. The quantitative estimate of drug-likeness (QED) is 0.863. The number of amides is 1. The Morgan fingerprint density at radius 3 is 2.41 bits per heavy atom. The van der Waals surface area contributed by atoms with Crippen molar-refractivity contribution in [2.75, 3.05) is 23.3 Å². The van der Waals surface area contributed by atoms with Crippen LogP contribution in [-0.2, 0) is 4.74 Å². The molecule has 2 atom stereocenters. The van der Waals surface area contributed by atoms with Crippen LogP contribution in [0.2, 0.25) is 0 Å². The lowest BCUT2D eigenvalue weighted by Crippen LogP contribution is -2.45. The standard InChI is InChI=1S/C19H21F2N3O3/c1-12-10-24(11-13(2)26-12)17-8-3-14(9-22-17)18(25)23-15-4-6-16(7-5-15)27-19(20)21/h3-9,12-13,19H,10-11H2,1-2H3,(H,23,25). The third-order valence-corrected chi connectivity index (χ3v) is 4.09. The molecule has 2 aromatic rings. The zero-order valence-electron chi connectivity index (χ0n) is 15.1. The highest BCUT2D eigenvalue weighted by Gasteiger charge is 2.23. The number of pyridine rings is 1. The molecule has 2 unspecified atom stereocenters. The molecule has 3 rings (SSSR count). The van der Waals surface area contributed by atoms with Crippen LogP contribution in [-0.4, -0.2) is 42.8 Å². The molecule has 1 saturated heterocycles. The molecule has 0 radical (unpaired) electrons. The van der Waals surface area contributed by atoms with Crippen LogP contribution in [0.4, 0.5) is 20.3 Å². The van der Waals surface area contributed by atoms with Crippen LogP contribution in [0.3, 0.4) is 0 Å². The number of rotatable bonds is 5. The van der Waals surface area contributed by atoms with E-state index in [1.165, 1.54) is 30.5 Å². The molecule has 2 heterocycles. The van der Waals surface area contributed by atoms with Gasteiger partial charge < -0.3 is 19.7 Å². The van der Waals surface area contributed by atoms with Gasteiger partial charge in [-0.25, -0.2) is 4.98 Å². The molecule has 1 aliphatic heterocycles. The van der Waals surface area contributed by atoms with E-state index in [2.05, 4.69) is 19.9 Å². The van der Waals surface area contributed by atoms with E-state index in [4.69, 9.17) is 4.74 Å². The van der Waals surface area contributed by atoms with Crippen molar-refractivity contribution in [1.82, 2.24) is 4.98 Å². The lowest BCUT2D eigenvalue weighted by molar-refractivity contribution is -0.0498. The van der Waals surface area contributed by atoms with E-state index in [0.29, 0.717) is 11.3 Å². The van der Waals surface area contributed by atoms with Gasteiger partial charge in [-0.15, -0.1) is 0 Å². The summed E-state index contributed by atoms with van der Waals surface area (Å²) < 4.78 is 34.3. The van der Waals surface area contributed by atoms with Crippen molar-refractivity contribution in [2.45, 2.75) is 32.7 Å². The first-order chi connectivity index (χ1) is 12.9. The molecule has 144 valence electrons. The van der Waals surface area contributed by atoms with E-state index in [1.54, 1.807) is 12.1 Å². The molecule has 0 saturated carbocycles. The number of hydrogen-bond acceptors (Lipinski definition) is 5. The molecular weight excluding hydrogens is 356 g/mol. The summed E-state index contributed by atoms with van der Waals surface area (Å²) >= 11 is 0. The predicted octanol–water partition coefficient (Wildman–Crippen LogP) is 3.55. The number of hydrogen-bond donors (Lipinski definition) is 1. The number of ether oxygens (including phenoxy) is 2. The maximum atomic E-state index is 12.3. The molecule has 1 aromatic carbocycles. The fourth-order valence-electron chi connectivity index (χ4n) is 3.00. The van der Waals surface area contributed by atoms with Crippen LogP contribution in [0.25, 0.3) is 0 Å². The lowest BCUT2D eigenvalue weighted by Gasteiger charge is -2.36. The van der Waals surface area contributed by atoms with E-state index < -0.39 is 6.61 Å². The van der Waals surface area contributed by atoms with Crippen molar-refractivity contribution >= 4 is 17.4 Å². The van der Waals surface area contributed by atoms with Crippen molar-refractivity contribution in [3.8, 4) is 5.75 Å². The second-order valence-electron chi connectivity index (χ2n) is 6.42. The number of aromatic nitrogens is 1. The van der Waals surface area contributed by atoms with Gasteiger partial charge in [0.1, 0.15) is 11.6 Å². The Morgan fingerprint density at radius 1 is 1.19 bits per heavy atom. The Bertz CT molecular complexity index is 759. The summed E-state index contributed by atoms with van der Waals surface area (Å²) in [5, 5.41) is 2.70. The highest BCUT2D eigenvalue weighted by atomic mass is 19.3. The summed E-state index contributed by atoms with van der Waals surface area (Å²) in [6.07, 6.45) is 1.76. The van der Waals surface area contributed by atoms with Crippen molar-refractivity contribution in [1.29, 1.82) is 0 Å². The molecular formula is C19H21F2N3O3. The van der Waals surface area contributed by atoms with E-state index in [9.17, 15) is 13.6 Å². The van der Waals surface area contributed by atoms with Crippen molar-refractivity contribution in [3.05, 3.63) is 48.2 Å². The lowest BCUT2D eigenvalue weighted by atomic mass is 10.2. The zero-order chi connectivity index (χ0) is 19.4. The molecule has 1 aliphatic rings. The van der Waals surface area contributed by atoms with Gasteiger partial charge in [0.05, 0.1) is 17.8 Å². The van der Waals surface area contributed by atoms with Gasteiger partial charge in [-0.3, -0.25) is 4.79 Å². The predicted molar refractivity (Wildman–Crippen MR) is 97.5 cm³/mol. The summed E-state index contributed by atoms with van der Waals surface area (Å²) in [6.45, 7) is 2.64. The average Bonchev–Trinajstić information content (AvgIpc) is 2.62. The Balaban J connectivity index is 1.62. The van der Waals surface area contributed by atoms with Gasteiger partial charge in [-0.2, -0.15) is 8.78 Å². The molecule has 1 aromatic heterocycles. The van der Waals surface area contributed by atoms with Crippen LogP contribution in [0, 0.1) is 0 Å². The molecule has 6 nitrogen and oxygen atoms in total. The van der Waals surface area contributed by atoms with Gasteiger partial charge in [0.25, 0.3) is 5.91 Å². The summed E-state index contributed by atoms with van der Waals surface area (Å²) in [4.78, 5) is 18.8. The van der Waals surface area contributed by atoms with E-state index in [-0.39, 0.29) is 23.9 Å². The van der Waals surface area contributed by atoms with Gasteiger partial charge in [-0.05, 0) is 50.2 Å². The monoisotopic (exact) mass is 377 g/mol. The third kappa shape index (κ3) is 5.13. The minimum atomic E-state index is -2.88. The summed E-state index contributed by atoms with van der Waals surface area (Å²) in [7, 11) is 0. The zero-order valence-corrected chi connectivity index (χ0v) is 15.1. The Morgan fingerprint density at radius 2 is 1.85 bits per heavy atom. The van der Waals surface area contributed by atoms with Crippen LogP contribution in [0.15, 0.2) is 42.6 Å². The molecule has 0 bridgehead atoms. The molecule has 0 spiro atoms. The second-order valence-corrected chi connectivity index (χ2v) is 6.42. The Kier molecular flexibility index (Phi) is 5.85. The minimum Gasteiger partial charge on any atom is -0.435 e. The number of alkyl halides is 2. The molecule has 0 aliphatic carbocycles. The first-order valence-corrected chi connectivity index (χ1v) is 8.63. The van der Waals surface area contributed by atoms with Crippen LogP contribution in [0.5, 0.6) is 5.75 Å². The fraction of sp³-hybridized carbons (Fsp3) is 0.368. The normalized spacial score (nSPS) is 19.8. The minimum absolute atomic E-state index is 0.0305. The second kappa shape index (κ2) is 8.30. The first kappa shape index (κ1) is 19.0. The summed E-state index contributed by atoms with van der Waals surface area (Å²) in [5.41, 5.74) is 0.877. The van der Waals surface area contributed by atoms with Gasteiger partial charge >= 0.3 is 6.61 Å². The maximum Gasteiger partial charge on any atom is 0.387 e. The first-order valence-electron chi connectivity index (χ1n) is 8.63. The SMILES string of the molecule is CC1CN(c2ccc(C(=O)Nc3ccc(OC(F)F)cc3)cn2)CC(C)O1. The van der Waals surface area contributed by atoms with Gasteiger partial charge in [0.2, 0.25) is 0 Å². The molecule has 1 N–H and O–H groups in total. The molecule has 1 fully saturated rings. The van der Waals surface area contributed by atoms with Crippen LogP contribution < -0.4 is 15.0 Å². The molecule has 8 heteroatoms. The van der Waals surface area contributed by atoms with Gasteiger partial charge in [0, 0.05) is 25.0 Å². The van der Waals surface area contributed by atoms with E-state index in [0.717, 1.165) is 18.9 Å². The van der Waals surface area contributed by atoms with Crippen LogP contribution in [0.1, 0.15) is 24.2 Å². The number of morpholine rings is 1. The van der Waals surface area contributed by atoms with E-state index >= 15 is 0 Å². The van der Waals surface area contributed by atoms with E-state index in [1.807, 2.05) is 13.8 Å². The smallest absolute Gasteiger partial charge is 0.387 e. The van der Waals surface area contributed by atoms with Gasteiger partial charge in [-0.1, -0.05) is 0 Å². The third-order valence-electron chi connectivity index (χ3n) is 4.09. The molecule has 27 heavy (non-hydrogen) atoms. The number of carbonyl (C=O) groups excluding carboxylic acids is 1. The number of nitrogens with zero attached hydrogens (tertiary/aromatic N) is 2. The Hall–Kier alpha value is -2.74. The Labute approximate surface area is 156 Å². The highest BCUT2D eigenvalue weighted by molar-refractivity contribution is 6.04. The topological polar surface area (TPSA) is 63.7 Å².